The second kappa shape index (κ2) is 7.94. The van der Waals surface area contributed by atoms with Crippen LogP contribution in [0.5, 0.6) is 0 Å². The summed E-state index contributed by atoms with van der Waals surface area (Å²) in [6.07, 6.45) is 2.62. The summed E-state index contributed by atoms with van der Waals surface area (Å²) in [5.74, 6) is 0.834. The minimum absolute atomic E-state index is 0. The van der Waals surface area contributed by atoms with Gasteiger partial charge in [0.1, 0.15) is 0 Å². The molecule has 1 saturated heterocycles. The van der Waals surface area contributed by atoms with Gasteiger partial charge >= 0.3 is 0 Å². The van der Waals surface area contributed by atoms with Gasteiger partial charge in [-0.2, -0.15) is 12.7 Å². The molecule has 0 amide bonds. The fourth-order valence-corrected chi connectivity index (χ4v) is 4.18. The zero-order valence-electron chi connectivity index (χ0n) is 13.1. The fourth-order valence-electron chi connectivity index (χ4n) is 2.63. The standard InChI is InChI=1S/C13H29N3O2S.ClH/c1-5-13(14,6-2)10-15-19(17,18)16-8-11(3)7-12(4)9-16;/h11-12,15H,5-10,14H2,1-4H3;1H. The van der Waals surface area contributed by atoms with Crippen LogP contribution < -0.4 is 10.5 Å². The molecule has 7 heteroatoms. The summed E-state index contributed by atoms with van der Waals surface area (Å²) in [7, 11) is -3.40. The van der Waals surface area contributed by atoms with Gasteiger partial charge < -0.3 is 5.73 Å². The van der Waals surface area contributed by atoms with Gasteiger partial charge in [0.2, 0.25) is 0 Å². The molecule has 0 spiro atoms. The summed E-state index contributed by atoms with van der Waals surface area (Å²) >= 11 is 0. The summed E-state index contributed by atoms with van der Waals surface area (Å²) < 4.78 is 28.9. The van der Waals surface area contributed by atoms with E-state index in [0.29, 0.717) is 31.5 Å². The zero-order valence-corrected chi connectivity index (χ0v) is 14.7. The van der Waals surface area contributed by atoms with Crippen molar-refractivity contribution in [3.8, 4) is 0 Å². The maximum atomic E-state index is 12.3. The summed E-state index contributed by atoms with van der Waals surface area (Å²) in [4.78, 5) is 0. The number of piperidine rings is 1. The first-order valence-electron chi connectivity index (χ1n) is 7.26. The van der Waals surface area contributed by atoms with E-state index < -0.39 is 15.7 Å². The Bertz CT molecular complexity index is 375. The minimum atomic E-state index is -3.40. The first-order chi connectivity index (χ1) is 8.72. The molecule has 0 bridgehead atoms. The van der Waals surface area contributed by atoms with Gasteiger partial charge in [-0.05, 0) is 31.1 Å². The molecular formula is C13H30ClN3O2S. The molecule has 0 aromatic carbocycles. The van der Waals surface area contributed by atoms with Crippen molar-refractivity contribution in [3.05, 3.63) is 0 Å². The van der Waals surface area contributed by atoms with Crippen LogP contribution in [0.15, 0.2) is 0 Å². The van der Waals surface area contributed by atoms with E-state index in [4.69, 9.17) is 5.73 Å². The van der Waals surface area contributed by atoms with Crippen molar-refractivity contribution in [1.82, 2.24) is 9.03 Å². The average molecular weight is 328 g/mol. The lowest BCUT2D eigenvalue weighted by molar-refractivity contribution is 0.219. The lowest BCUT2D eigenvalue weighted by atomic mass is 9.94. The van der Waals surface area contributed by atoms with Crippen molar-refractivity contribution in [2.75, 3.05) is 19.6 Å². The molecule has 0 saturated carbocycles. The van der Waals surface area contributed by atoms with E-state index in [1.807, 2.05) is 13.8 Å². The predicted molar refractivity (Wildman–Crippen MR) is 86.2 cm³/mol. The summed E-state index contributed by atoms with van der Waals surface area (Å²) in [5, 5.41) is 0. The minimum Gasteiger partial charge on any atom is -0.324 e. The number of nitrogens with two attached hydrogens (primary N) is 1. The molecular weight excluding hydrogens is 298 g/mol. The van der Waals surface area contributed by atoms with E-state index in [9.17, 15) is 8.42 Å². The Kier molecular flexibility index (Phi) is 7.99. The first-order valence-corrected chi connectivity index (χ1v) is 8.70. The molecule has 20 heavy (non-hydrogen) atoms. The van der Waals surface area contributed by atoms with Gasteiger partial charge in [-0.1, -0.05) is 27.7 Å². The highest BCUT2D eigenvalue weighted by atomic mass is 35.5. The van der Waals surface area contributed by atoms with Crippen molar-refractivity contribution in [2.24, 2.45) is 17.6 Å². The van der Waals surface area contributed by atoms with Crippen LogP contribution in [-0.2, 0) is 10.2 Å². The van der Waals surface area contributed by atoms with Crippen LogP contribution in [0.1, 0.15) is 47.0 Å². The Labute approximate surface area is 130 Å². The van der Waals surface area contributed by atoms with E-state index in [0.717, 1.165) is 19.3 Å². The molecule has 0 aliphatic carbocycles. The molecule has 0 aromatic heterocycles. The Morgan fingerprint density at radius 1 is 1.20 bits per heavy atom. The highest BCUT2D eigenvalue weighted by Gasteiger charge is 2.32. The van der Waals surface area contributed by atoms with E-state index in [-0.39, 0.29) is 12.4 Å². The first kappa shape index (κ1) is 20.1. The smallest absolute Gasteiger partial charge is 0.279 e. The third-order valence-electron chi connectivity index (χ3n) is 4.19. The second-order valence-electron chi connectivity index (χ2n) is 6.16. The number of hydrogen-bond donors (Lipinski definition) is 2. The highest BCUT2D eigenvalue weighted by Crippen LogP contribution is 2.22. The van der Waals surface area contributed by atoms with Crippen LogP contribution in [0.2, 0.25) is 0 Å². The molecule has 0 aromatic rings. The molecule has 2 unspecified atom stereocenters. The van der Waals surface area contributed by atoms with Gasteiger partial charge in [-0.3, -0.25) is 0 Å². The Morgan fingerprint density at radius 2 is 1.65 bits per heavy atom. The third-order valence-corrected chi connectivity index (χ3v) is 5.68. The normalized spacial score (nSPS) is 25.2. The summed E-state index contributed by atoms with van der Waals surface area (Å²) in [5.41, 5.74) is 5.70. The molecule has 1 aliphatic rings. The SMILES string of the molecule is CCC(N)(CC)CNS(=O)(=O)N1CC(C)CC(C)C1.Cl. The van der Waals surface area contributed by atoms with Gasteiger partial charge in [0, 0.05) is 25.2 Å². The van der Waals surface area contributed by atoms with Crippen LogP contribution >= 0.6 is 12.4 Å². The topological polar surface area (TPSA) is 75.4 Å². The van der Waals surface area contributed by atoms with Gasteiger partial charge in [0.05, 0.1) is 0 Å². The molecule has 0 radical (unpaired) electrons. The van der Waals surface area contributed by atoms with Crippen LogP contribution in [0.4, 0.5) is 0 Å². The Hall–Kier alpha value is 0.120. The lowest BCUT2D eigenvalue weighted by Crippen LogP contribution is -2.54. The fraction of sp³-hybridized carbons (Fsp3) is 1.00. The van der Waals surface area contributed by atoms with Crippen molar-refractivity contribution in [2.45, 2.75) is 52.5 Å². The average Bonchev–Trinajstić information content (AvgIpc) is 2.35. The van der Waals surface area contributed by atoms with Gasteiger partial charge in [0.15, 0.2) is 0 Å². The van der Waals surface area contributed by atoms with Crippen LogP contribution in [0.3, 0.4) is 0 Å². The van der Waals surface area contributed by atoms with Crippen LogP contribution in [0, 0.1) is 11.8 Å². The van der Waals surface area contributed by atoms with Crippen molar-refractivity contribution in [3.63, 3.8) is 0 Å². The quantitative estimate of drug-likeness (QED) is 0.780. The third kappa shape index (κ3) is 5.48. The van der Waals surface area contributed by atoms with Crippen LogP contribution in [-0.4, -0.2) is 37.9 Å². The Balaban J connectivity index is 0.00000361. The highest BCUT2D eigenvalue weighted by molar-refractivity contribution is 7.87. The molecule has 5 nitrogen and oxygen atoms in total. The number of nitrogens with zero attached hydrogens (tertiary/aromatic N) is 1. The van der Waals surface area contributed by atoms with E-state index >= 15 is 0 Å². The Morgan fingerprint density at radius 3 is 2.05 bits per heavy atom. The predicted octanol–water partition coefficient (Wildman–Crippen LogP) is 1.74. The molecule has 3 N–H and O–H groups in total. The van der Waals surface area contributed by atoms with Crippen molar-refractivity contribution in [1.29, 1.82) is 0 Å². The van der Waals surface area contributed by atoms with Crippen molar-refractivity contribution >= 4 is 22.6 Å². The van der Waals surface area contributed by atoms with Gasteiger partial charge in [-0.15, -0.1) is 12.4 Å². The summed E-state index contributed by atoms with van der Waals surface area (Å²) in [6, 6.07) is 0. The lowest BCUT2D eigenvalue weighted by Gasteiger charge is -2.35. The molecule has 1 aliphatic heterocycles. The molecule has 122 valence electrons. The van der Waals surface area contributed by atoms with Gasteiger partial charge in [-0.25, -0.2) is 4.72 Å². The van der Waals surface area contributed by atoms with Crippen molar-refractivity contribution < 1.29 is 8.42 Å². The largest absolute Gasteiger partial charge is 0.324 e. The maximum Gasteiger partial charge on any atom is 0.279 e. The number of rotatable bonds is 6. The van der Waals surface area contributed by atoms with E-state index in [1.165, 1.54) is 0 Å². The molecule has 1 heterocycles. The zero-order chi connectivity index (χ0) is 14.7. The van der Waals surface area contributed by atoms with E-state index in [2.05, 4.69) is 18.6 Å². The van der Waals surface area contributed by atoms with Crippen LogP contribution in [0.25, 0.3) is 0 Å². The number of halogens is 1. The molecule has 2 atom stereocenters. The second-order valence-corrected chi connectivity index (χ2v) is 7.91. The summed E-state index contributed by atoms with van der Waals surface area (Å²) in [6.45, 7) is 9.70. The number of hydrogen-bond acceptors (Lipinski definition) is 3. The monoisotopic (exact) mass is 327 g/mol. The van der Waals surface area contributed by atoms with E-state index in [1.54, 1.807) is 4.31 Å². The van der Waals surface area contributed by atoms with Gasteiger partial charge in [0.25, 0.3) is 10.2 Å². The maximum absolute atomic E-state index is 12.3. The molecule has 1 fully saturated rings. The number of nitrogens with one attached hydrogen (secondary N) is 1. The molecule has 1 rings (SSSR count).